The second-order valence-electron chi connectivity index (χ2n) is 2.44. The summed E-state index contributed by atoms with van der Waals surface area (Å²) in [5.41, 5.74) is 5.26. The summed E-state index contributed by atoms with van der Waals surface area (Å²) in [6.45, 7) is 5.42. The monoisotopic (exact) mass is 181 g/mol. The second kappa shape index (κ2) is 6.43. The fraction of sp³-hybridized carbons (Fsp3) is 0.857. The van der Waals surface area contributed by atoms with Gasteiger partial charge in [0.15, 0.2) is 0 Å². The Morgan fingerprint density at radius 1 is 1.55 bits per heavy atom. The van der Waals surface area contributed by atoms with Crippen LogP contribution >= 0.6 is 12.4 Å². The molecule has 4 heteroatoms. The zero-order valence-corrected chi connectivity index (χ0v) is 7.98. The van der Waals surface area contributed by atoms with E-state index in [1.54, 1.807) is 6.92 Å². The molecule has 0 bridgehead atoms. The minimum atomic E-state index is -0.506. The summed E-state index contributed by atoms with van der Waals surface area (Å²) in [5.74, 6) is -0.325. The molecule has 0 spiro atoms. The number of hydrogen-bond acceptors (Lipinski definition) is 3. The van der Waals surface area contributed by atoms with Crippen LogP contribution in [0, 0.1) is 0 Å². The van der Waals surface area contributed by atoms with Crippen molar-refractivity contribution in [2.75, 3.05) is 0 Å². The number of hydrogen-bond donors (Lipinski definition) is 1. The summed E-state index contributed by atoms with van der Waals surface area (Å²) in [6, 6.07) is -0.506. The number of carbonyl (C=O) groups excluding carboxylic acids is 1. The first kappa shape index (κ1) is 13.3. The number of carbonyl (C=O) groups is 1. The van der Waals surface area contributed by atoms with E-state index in [2.05, 4.69) is 0 Å². The highest BCUT2D eigenvalue weighted by Crippen LogP contribution is 1.97. The molecule has 0 aromatic rings. The van der Waals surface area contributed by atoms with Gasteiger partial charge in [-0.05, 0) is 20.3 Å². The molecule has 2 atom stereocenters. The molecule has 0 aromatic carbocycles. The molecule has 11 heavy (non-hydrogen) atoms. The van der Waals surface area contributed by atoms with Crippen LogP contribution in [0.5, 0.6) is 0 Å². The lowest BCUT2D eigenvalue weighted by Crippen LogP contribution is -2.31. The van der Waals surface area contributed by atoms with Crippen LogP contribution in [0.4, 0.5) is 0 Å². The highest BCUT2D eigenvalue weighted by Gasteiger charge is 2.11. The third-order valence-corrected chi connectivity index (χ3v) is 1.26. The third kappa shape index (κ3) is 6.13. The van der Waals surface area contributed by atoms with Crippen molar-refractivity contribution in [3.05, 3.63) is 0 Å². The van der Waals surface area contributed by atoms with E-state index in [0.717, 1.165) is 6.42 Å². The lowest BCUT2D eigenvalue weighted by molar-refractivity contribution is -0.149. The Kier molecular flexibility index (Phi) is 7.79. The predicted molar refractivity (Wildman–Crippen MR) is 46.7 cm³/mol. The first-order chi connectivity index (χ1) is 4.57. The SMILES string of the molecule is CC[C@H](C)OC(=O)C(C)N.Cl. The maximum Gasteiger partial charge on any atom is 0.322 e. The Labute approximate surface area is 73.7 Å². The summed E-state index contributed by atoms with van der Waals surface area (Å²) in [4.78, 5) is 10.8. The van der Waals surface area contributed by atoms with Crippen molar-refractivity contribution in [3.8, 4) is 0 Å². The van der Waals surface area contributed by atoms with Crippen LogP contribution in [0.2, 0.25) is 0 Å². The Balaban J connectivity index is 0. The lowest BCUT2D eigenvalue weighted by Gasteiger charge is -2.11. The molecule has 0 aromatic heterocycles. The summed E-state index contributed by atoms with van der Waals surface area (Å²) in [7, 11) is 0. The lowest BCUT2D eigenvalue weighted by atomic mass is 10.3. The van der Waals surface area contributed by atoms with Crippen LogP contribution in [-0.4, -0.2) is 18.1 Å². The van der Waals surface area contributed by atoms with Gasteiger partial charge in [-0.15, -0.1) is 12.4 Å². The standard InChI is InChI=1S/C7H15NO2.ClH/c1-4-5(2)10-7(9)6(3)8;/h5-6H,4,8H2,1-3H3;1H/t5-,6?;/m0./s1. The number of esters is 1. The van der Waals surface area contributed by atoms with E-state index in [4.69, 9.17) is 10.5 Å². The van der Waals surface area contributed by atoms with Crippen LogP contribution in [0.15, 0.2) is 0 Å². The first-order valence-corrected chi connectivity index (χ1v) is 3.54. The van der Waals surface area contributed by atoms with E-state index in [9.17, 15) is 4.79 Å². The zero-order valence-electron chi connectivity index (χ0n) is 7.16. The molecular formula is C7H16ClNO2. The Hall–Kier alpha value is -0.280. The van der Waals surface area contributed by atoms with Gasteiger partial charge in [0.2, 0.25) is 0 Å². The van der Waals surface area contributed by atoms with Gasteiger partial charge in [0.1, 0.15) is 6.04 Å². The van der Waals surface area contributed by atoms with Crippen LogP contribution < -0.4 is 5.73 Å². The van der Waals surface area contributed by atoms with Gasteiger partial charge in [0, 0.05) is 0 Å². The molecular weight excluding hydrogens is 166 g/mol. The zero-order chi connectivity index (χ0) is 8.15. The van der Waals surface area contributed by atoms with Gasteiger partial charge in [-0.3, -0.25) is 4.79 Å². The van der Waals surface area contributed by atoms with E-state index in [1.165, 1.54) is 0 Å². The van der Waals surface area contributed by atoms with E-state index in [-0.39, 0.29) is 24.5 Å². The van der Waals surface area contributed by atoms with Crippen molar-refractivity contribution in [1.82, 2.24) is 0 Å². The molecule has 68 valence electrons. The van der Waals surface area contributed by atoms with E-state index in [1.807, 2.05) is 13.8 Å². The first-order valence-electron chi connectivity index (χ1n) is 3.54. The average molecular weight is 182 g/mol. The largest absolute Gasteiger partial charge is 0.462 e. The van der Waals surface area contributed by atoms with Crippen molar-refractivity contribution in [2.24, 2.45) is 5.73 Å². The molecule has 0 fully saturated rings. The highest BCUT2D eigenvalue weighted by molar-refractivity contribution is 5.85. The predicted octanol–water partition coefficient (Wildman–Crippen LogP) is 1.10. The number of nitrogens with two attached hydrogens (primary N) is 1. The van der Waals surface area contributed by atoms with E-state index < -0.39 is 6.04 Å². The van der Waals surface area contributed by atoms with Gasteiger partial charge in [-0.2, -0.15) is 0 Å². The van der Waals surface area contributed by atoms with Crippen LogP contribution in [0.3, 0.4) is 0 Å². The summed E-state index contributed by atoms with van der Waals surface area (Å²) >= 11 is 0. The maximum absolute atomic E-state index is 10.8. The van der Waals surface area contributed by atoms with Gasteiger partial charge in [-0.1, -0.05) is 6.92 Å². The third-order valence-electron chi connectivity index (χ3n) is 1.26. The fourth-order valence-corrected chi connectivity index (χ4v) is 0.389. The topological polar surface area (TPSA) is 52.3 Å². The maximum atomic E-state index is 10.8. The molecule has 3 nitrogen and oxygen atoms in total. The van der Waals surface area contributed by atoms with E-state index >= 15 is 0 Å². The quantitative estimate of drug-likeness (QED) is 0.664. The Morgan fingerprint density at radius 2 is 2.00 bits per heavy atom. The Morgan fingerprint density at radius 3 is 2.27 bits per heavy atom. The molecule has 0 aliphatic carbocycles. The molecule has 1 unspecified atom stereocenters. The second-order valence-corrected chi connectivity index (χ2v) is 2.44. The molecule has 0 amide bonds. The van der Waals surface area contributed by atoms with Crippen LogP contribution in [-0.2, 0) is 9.53 Å². The molecule has 0 aliphatic rings. The van der Waals surface area contributed by atoms with Crippen molar-refractivity contribution in [3.63, 3.8) is 0 Å². The molecule has 2 N–H and O–H groups in total. The molecule has 0 aliphatic heterocycles. The molecule has 0 saturated carbocycles. The normalized spacial score (nSPS) is 14.5. The van der Waals surface area contributed by atoms with Gasteiger partial charge >= 0.3 is 5.97 Å². The minimum Gasteiger partial charge on any atom is -0.462 e. The number of halogens is 1. The summed E-state index contributed by atoms with van der Waals surface area (Å²) in [5, 5.41) is 0. The van der Waals surface area contributed by atoms with Gasteiger partial charge in [0.05, 0.1) is 6.10 Å². The molecule has 0 saturated heterocycles. The smallest absolute Gasteiger partial charge is 0.322 e. The van der Waals surface area contributed by atoms with E-state index in [0.29, 0.717) is 0 Å². The molecule has 0 rings (SSSR count). The van der Waals surface area contributed by atoms with Crippen molar-refractivity contribution >= 4 is 18.4 Å². The van der Waals surface area contributed by atoms with Crippen LogP contribution in [0.1, 0.15) is 27.2 Å². The van der Waals surface area contributed by atoms with Crippen molar-refractivity contribution in [2.45, 2.75) is 39.3 Å². The average Bonchev–Trinajstić information content (AvgIpc) is 1.87. The van der Waals surface area contributed by atoms with Gasteiger partial charge in [0.25, 0.3) is 0 Å². The number of ether oxygens (including phenoxy) is 1. The van der Waals surface area contributed by atoms with Gasteiger partial charge in [-0.25, -0.2) is 0 Å². The van der Waals surface area contributed by atoms with Crippen molar-refractivity contribution in [1.29, 1.82) is 0 Å². The Bertz CT molecular complexity index is 117. The number of rotatable bonds is 3. The van der Waals surface area contributed by atoms with Crippen LogP contribution in [0.25, 0.3) is 0 Å². The highest BCUT2D eigenvalue weighted by atomic mass is 35.5. The fourth-order valence-electron chi connectivity index (χ4n) is 0.389. The van der Waals surface area contributed by atoms with Crippen molar-refractivity contribution < 1.29 is 9.53 Å². The van der Waals surface area contributed by atoms with Gasteiger partial charge < -0.3 is 10.5 Å². The summed E-state index contributed by atoms with van der Waals surface area (Å²) in [6.07, 6.45) is 0.817. The minimum absolute atomic E-state index is 0. The molecule has 0 radical (unpaired) electrons. The summed E-state index contributed by atoms with van der Waals surface area (Å²) < 4.78 is 4.90. The molecule has 0 heterocycles.